The average molecular weight is 459 g/mol. The van der Waals surface area contributed by atoms with Crippen LogP contribution in [0.25, 0.3) is 0 Å². The van der Waals surface area contributed by atoms with Crippen LogP contribution in [0.1, 0.15) is 53.0 Å². The third kappa shape index (κ3) is 6.03. The molecule has 0 saturated carbocycles. The zero-order valence-electron chi connectivity index (χ0n) is 19.8. The standard InChI is InChI=1S/C23H29N3O7/c1-12-17(20(27)25-14(3)21(28)33-23(4,5)6)19(18(13(2)24-12)22(29)32-7)15-9-8-10-16(11-15)26(30)31/h8-11,14,18-19H,1-7H3,(H,25,27)/t14-,18?,19+/m0/s1. The number of nitrogens with zero attached hydrogens (tertiary/aromatic N) is 2. The summed E-state index contributed by atoms with van der Waals surface area (Å²) in [6, 6.07) is 4.74. The van der Waals surface area contributed by atoms with Crippen molar-refractivity contribution in [3.8, 4) is 0 Å². The van der Waals surface area contributed by atoms with Crippen LogP contribution in [0.3, 0.4) is 0 Å². The molecule has 0 spiro atoms. The third-order valence-electron chi connectivity index (χ3n) is 5.08. The number of allylic oxidation sites excluding steroid dienone is 1. The van der Waals surface area contributed by atoms with Crippen LogP contribution in [0, 0.1) is 16.0 Å². The van der Waals surface area contributed by atoms with Crippen molar-refractivity contribution in [3.63, 3.8) is 0 Å². The second-order valence-electron chi connectivity index (χ2n) is 8.81. The highest BCUT2D eigenvalue weighted by molar-refractivity contribution is 6.08. The number of nitro benzene ring substituents is 1. The van der Waals surface area contributed by atoms with E-state index in [2.05, 4.69) is 10.3 Å². The SMILES string of the molecule is COC(=O)C1C(C)=NC(C)=C(C(=O)N[C@@H](C)C(=O)OC(C)(C)C)[C@H]1c1cccc([N+](=O)[O-])c1. The van der Waals surface area contributed by atoms with E-state index in [-0.39, 0.29) is 11.3 Å². The van der Waals surface area contributed by atoms with Gasteiger partial charge in [0.1, 0.15) is 17.6 Å². The number of hydrogen-bond acceptors (Lipinski definition) is 8. The highest BCUT2D eigenvalue weighted by Gasteiger charge is 2.42. The van der Waals surface area contributed by atoms with Crippen LogP contribution in [-0.4, -0.2) is 47.2 Å². The maximum Gasteiger partial charge on any atom is 0.328 e. The molecule has 1 aromatic rings. The molecule has 178 valence electrons. The summed E-state index contributed by atoms with van der Waals surface area (Å²) >= 11 is 0. The number of amides is 1. The van der Waals surface area contributed by atoms with Gasteiger partial charge in [-0.25, -0.2) is 4.79 Å². The summed E-state index contributed by atoms with van der Waals surface area (Å²) in [5, 5.41) is 13.9. The molecule has 3 atom stereocenters. The summed E-state index contributed by atoms with van der Waals surface area (Å²) < 4.78 is 10.3. The first kappa shape index (κ1) is 25.7. The van der Waals surface area contributed by atoms with E-state index in [9.17, 15) is 24.5 Å². The minimum Gasteiger partial charge on any atom is -0.468 e. The fraction of sp³-hybridized carbons (Fsp3) is 0.478. The summed E-state index contributed by atoms with van der Waals surface area (Å²) in [7, 11) is 1.22. The average Bonchev–Trinajstić information content (AvgIpc) is 2.71. The van der Waals surface area contributed by atoms with E-state index in [0.717, 1.165) is 0 Å². The number of methoxy groups -OCH3 is 1. The quantitative estimate of drug-likeness (QED) is 0.392. The summed E-state index contributed by atoms with van der Waals surface area (Å²) in [5.74, 6) is -3.77. The second-order valence-corrected chi connectivity index (χ2v) is 8.81. The molecule has 1 aromatic carbocycles. The highest BCUT2D eigenvalue weighted by atomic mass is 16.6. The van der Waals surface area contributed by atoms with Crippen LogP contribution in [0.4, 0.5) is 5.69 Å². The van der Waals surface area contributed by atoms with Gasteiger partial charge in [0, 0.05) is 35.0 Å². The summed E-state index contributed by atoms with van der Waals surface area (Å²) in [6.07, 6.45) is 0. The fourth-order valence-corrected chi connectivity index (χ4v) is 3.68. The van der Waals surface area contributed by atoms with Crippen molar-refractivity contribution in [1.29, 1.82) is 0 Å². The van der Waals surface area contributed by atoms with E-state index in [4.69, 9.17) is 9.47 Å². The van der Waals surface area contributed by atoms with Crippen molar-refractivity contribution < 1.29 is 28.8 Å². The Labute approximate surface area is 192 Å². The van der Waals surface area contributed by atoms with Crippen molar-refractivity contribution in [2.75, 3.05) is 7.11 Å². The molecule has 10 heteroatoms. The van der Waals surface area contributed by atoms with E-state index in [0.29, 0.717) is 17.0 Å². The molecular weight excluding hydrogens is 430 g/mol. The predicted octanol–water partition coefficient (Wildman–Crippen LogP) is 3.06. The molecule has 10 nitrogen and oxygen atoms in total. The molecule has 1 heterocycles. The zero-order valence-corrected chi connectivity index (χ0v) is 19.8. The van der Waals surface area contributed by atoms with Gasteiger partial charge in [-0.2, -0.15) is 0 Å². The number of rotatable bonds is 6. The van der Waals surface area contributed by atoms with E-state index >= 15 is 0 Å². The third-order valence-corrected chi connectivity index (χ3v) is 5.08. The van der Waals surface area contributed by atoms with Crippen LogP contribution in [0.15, 0.2) is 40.5 Å². The number of ether oxygens (including phenoxy) is 2. The molecule has 1 N–H and O–H groups in total. The largest absolute Gasteiger partial charge is 0.468 e. The second kappa shape index (κ2) is 9.93. The Bertz CT molecular complexity index is 1040. The molecule has 0 aromatic heterocycles. The summed E-state index contributed by atoms with van der Waals surface area (Å²) in [6.45, 7) is 9.86. The molecule has 0 aliphatic carbocycles. The van der Waals surface area contributed by atoms with Gasteiger partial charge in [-0.3, -0.25) is 24.7 Å². The van der Waals surface area contributed by atoms with Crippen molar-refractivity contribution in [1.82, 2.24) is 5.32 Å². The minimum atomic E-state index is -0.980. The van der Waals surface area contributed by atoms with Crippen molar-refractivity contribution in [2.45, 2.75) is 59.1 Å². The summed E-state index contributed by atoms with van der Waals surface area (Å²) in [4.78, 5) is 53.5. The monoisotopic (exact) mass is 459 g/mol. The number of hydrogen-bond donors (Lipinski definition) is 1. The topological polar surface area (TPSA) is 137 Å². The number of non-ortho nitro benzene ring substituents is 1. The Morgan fingerprint density at radius 3 is 2.39 bits per heavy atom. The lowest BCUT2D eigenvalue weighted by Gasteiger charge is -2.32. The first-order valence-electron chi connectivity index (χ1n) is 10.4. The minimum absolute atomic E-state index is 0.118. The molecule has 1 aliphatic rings. The lowest BCUT2D eigenvalue weighted by atomic mass is 9.75. The van der Waals surface area contributed by atoms with Gasteiger partial charge in [0.25, 0.3) is 5.69 Å². The van der Waals surface area contributed by atoms with Gasteiger partial charge in [-0.1, -0.05) is 12.1 Å². The number of esters is 2. The van der Waals surface area contributed by atoms with Gasteiger partial charge in [0.15, 0.2) is 0 Å². The molecule has 0 radical (unpaired) electrons. The van der Waals surface area contributed by atoms with Gasteiger partial charge in [-0.15, -0.1) is 0 Å². The molecule has 1 aliphatic heterocycles. The lowest BCUT2D eigenvalue weighted by Crippen LogP contribution is -2.45. The smallest absolute Gasteiger partial charge is 0.328 e. The van der Waals surface area contributed by atoms with E-state index < -0.39 is 46.2 Å². The van der Waals surface area contributed by atoms with E-state index in [1.54, 1.807) is 40.7 Å². The normalized spacial score (nSPS) is 19.3. The number of aliphatic imine (C=N–C) groups is 1. The molecule has 0 bridgehead atoms. The van der Waals surface area contributed by atoms with Gasteiger partial charge in [0.2, 0.25) is 5.91 Å². The first-order chi connectivity index (χ1) is 15.3. The van der Waals surface area contributed by atoms with E-state index in [1.165, 1.54) is 32.2 Å². The molecule has 1 unspecified atom stereocenters. The fourth-order valence-electron chi connectivity index (χ4n) is 3.68. The molecule has 0 saturated heterocycles. The molecular formula is C23H29N3O7. The van der Waals surface area contributed by atoms with Crippen LogP contribution in [0.2, 0.25) is 0 Å². The van der Waals surface area contributed by atoms with Gasteiger partial charge < -0.3 is 14.8 Å². The Kier molecular flexibility index (Phi) is 7.73. The van der Waals surface area contributed by atoms with Crippen molar-refractivity contribution >= 4 is 29.2 Å². The Morgan fingerprint density at radius 1 is 1.21 bits per heavy atom. The predicted molar refractivity (Wildman–Crippen MR) is 121 cm³/mol. The maximum atomic E-state index is 13.3. The van der Waals surface area contributed by atoms with Gasteiger partial charge >= 0.3 is 11.9 Å². The van der Waals surface area contributed by atoms with Crippen LogP contribution < -0.4 is 5.32 Å². The molecule has 0 fully saturated rings. The van der Waals surface area contributed by atoms with Crippen LogP contribution in [0.5, 0.6) is 0 Å². The number of benzene rings is 1. The lowest BCUT2D eigenvalue weighted by molar-refractivity contribution is -0.384. The highest BCUT2D eigenvalue weighted by Crippen LogP contribution is 2.40. The molecule has 1 amide bonds. The maximum absolute atomic E-state index is 13.3. The van der Waals surface area contributed by atoms with E-state index in [1.807, 2.05) is 0 Å². The molecule has 2 rings (SSSR count). The Hall–Kier alpha value is -3.56. The number of carbonyl (C=O) groups is 3. The van der Waals surface area contributed by atoms with Crippen molar-refractivity contribution in [3.05, 3.63) is 51.2 Å². The van der Waals surface area contributed by atoms with Gasteiger partial charge in [0.05, 0.1) is 12.0 Å². The Balaban J connectivity index is 2.54. The number of nitro groups is 1. The zero-order chi connectivity index (χ0) is 25.1. The Morgan fingerprint density at radius 2 is 1.85 bits per heavy atom. The summed E-state index contributed by atoms with van der Waals surface area (Å²) in [5.41, 5.74) is 0.315. The van der Waals surface area contributed by atoms with Crippen LogP contribution in [-0.2, 0) is 23.9 Å². The number of carbonyl (C=O) groups excluding carboxylic acids is 3. The van der Waals surface area contributed by atoms with Crippen LogP contribution >= 0.6 is 0 Å². The van der Waals surface area contributed by atoms with Crippen molar-refractivity contribution in [2.24, 2.45) is 10.9 Å². The molecule has 33 heavy (non-hydrogen) atoms. The number of nitrogens with one attached hydrogen (secondary N) is 1. The first-order valence-corrected chi connectivity index (χ1v) is 10.4. The van der Waals surface area contributed by atoms with Gasteiger partial charge in [-0.05, 0) is 47.1 Å².